The fraction of sp³-hybridized carbons (Fsp3) is 0.208. The van der Waals surface area contributed by atoms with E-state index < -0.39 is 5.56 Å². The number of rotatable bonds is 3. The lowest BCUT2D eigenvalue weighted by atomic mass is 10.1. The number of anilines is 1. The highest BCUT2D eigenvalue weighted by Gasteiger charge is 2.24. The van der Waals surface area contributed by atoms with Crippen LogP contribution in [0.5, 0.6) is 0 Å². The zero-order valence-corrected chi connectivity index (χ0v) is 18.1. The summed E-state index contributed by atoms with van der Waals surface area (Å²) in [6.07, 6.45) is 0.625. The lowest BCUT2D eigenvalue weighted by Gasteiger charge is -2.22. The van der Waals surface area contributed by atoms with E-state index in [1.807, 2.05) is 30.3 Å². The summed E-state index contributed by atoms with van der Waals surface area (Å²) in [6, 6.07) is 19.4. The molecule has 2 aromatic carbocycles. The van der Waals surface area contributed by atoms with Crippen molar-refractivity contribution in [1.82, 2.24) is 14.8 Å². The largest absolute Gasteiger partial charge is 0.337 e. The molecule has 1 aliphatic rings. The highest BCUT2D eigenvalue weighted by molar-refractivity contribution is 6.30. The van der Waals surface area contributed by atoms with Gasteiger partial charge >= 0.3 is 6.03 Å². The second-order valence-corrected chi connectivity index (χ2v) is 7.99. The number of aromatic nitrogens is 1. The Morgan fingerprint density at radius 1 is 0.844 bits per heavy atom. The Morgan fingerprint density at radius 2 is 1.53 bits per heavy atom. The zero-order valence-electron chi connectivity index (χ0n) is 17.4. The zero-order chi connectivity index (χ0) is 22.5. The molecule has 0 unspecified atom stereocenters. The van der Waals surface area contributed by atoms with Gasteiger partial charge in [-0.3, -0.25) is 9.59 Å². The Balaban J connectivity index is 1.40. The first-order valence-corrected chi connectivity index (χ1v) is 10.8. The monoisotopic (exact) mass is 450 g/mol. The Kier molecular flexibility index (Phi) is 6.56. The van der Waals surface area contributed by atoms with E-state index in [9.17, 15) is 14.4 Å². The van der Waals surface area contributed by atoms with Crippen molar-refractivity contribution >= 4 is 29.2 Å². The minimum atomic E-state index is -0.419. The smallest absolute Gasteiger partial charge is 0.321 e. The number of hydrogen-bond acceptors (Lipinski definition) is 3. The van der Waals surface area contributed by atoms with Gasteiger partial charge < -0.3 is 20.1 Å². The molecule has 0 radical (unpaired) electrons. The van der Waals surface area contributed by atoms with Crippen molar-refractivity contribution in [2.75, 3.05) is 31.5 Å². The number of halogens is 1. The Morgan fingerprint density at radius 3 is 2.25 bits per heavy atom. The first kappa shape index (κ1) is 21.6. The van der Waals surface area contributed by atoms with Crippen molar-refractivity contribution in [2.45, 2.75) is 6.42 Å². The lowest BCUT2D eigenvalue weighted by Crippen LogP contribution is -2.40. The maximum absolute atomic E-state index is 13.0. The Hall–Kier alpha value is -3.58. The molecule has 1 aliphatic heterocycles. The molecular formula is C24H23ClN4O3. The molecule has 32 heavy (non-hydrogen) atoms. The van der Waals surface area contributed by atoms with Gasteiger partial charge in [0, 0.05) is 42.6 Å². The van der Waals surface area contributed by atoms with E-state index in [1.54, 1.807) is 46.2 Å². The van der Waals surface area contributed by atoms with E-state index in [4.69, 9.17) is 11.6 Å². The molecule has 0 spiro atoms. The van der Waals surface area contributed by atoms with Gasteiger partial charge in [0.05, 0.1) is 0 Å². The quantitative estimate of drug-likeness (QED) is 0.630. The van der Waals surface area contributed by atoms with Crippen LogP contribution in [-0.2, 0) is 0 Å². The predicted octanol–water partition coefficient (Wildman–Crippen LogP) is 4.08. The van der Waals surface area contributed by atoms with Gasteiger partial charge in [0.15, 0.2) is 0 Å². The summed E-state index contributed by atoms with van der Waals surface area (Å²) < 4.78 is 0. The van der Waals surface area contributed by atoms with E-state index in [1.165, 1.54) is 0 Å². The second-order valence-electron chi connectivity index (χ2n) is 7.55. The minimum absolute atomic E-state index is 0.101. The SMILES string of the molecule is O=C(Nc1ccc(Cl)cc1)N1CCCN(C(=O)c2ccc(-c3ccccc3)[nH]c2=O)CC1. The maximum Gasteiger partial charge on any atom is 0.321 e. The average molecular weight is 451 g/mol. The summed E-state index contributed by atoms with van der Waals surface area (Å²) in [7, 11) is 0. The molecular weight excluding hydrogens is 428 g/mol. The highest BCUT2D eigenvalue weighted by Crippen LogP contribution is 2.17. The van der Waals surface area contributed by atoms with Gasteiger partial charge in [0.1, 0.15) is 5.56 Å². The molecule has 3 aromatic rings. The second kappa shape index (κ2) is 9.70. The molecule has 2 N–H and O–H groups in total. The highest BCUT2D eigenvalue weighted by atomic mass is 35.5. The van der Waals surface area contributed by atoms with Gasteiger partial charge in [-0.1, -0.05) is 41.9 Å². The van der Waals surface area contributed by atoms with Crippen LogP contribution in [0.3, 0.4) is 0 Å². The van der Waals surface area contributed by atoms with Crippen molar-refractivity contribution in [3.8, 4) is 11.3 Å². The lowest BCUT2D eigenvalue weighted by molar-refractivity contribution is 0.0761. The van der Waals surface area contributed by atoms with Crippen molar-refractivity contribution in [2.24, 2.45) is 0 Å². The third kappa shape index (κ3) is 5.00. The van der Waals surface area contributed by atoms with Crippen LogP contribution in [0.15, 0.2) is 71.5 Å². The molecule has 0 aliphatic carbocycles. The summed E-state index contributed by atoms with van der Waals surface area (Å²) >= 11 is 5.88. The predicted molar refractivity (Wildman–Crippen MR) is 125 cm³/mol. The fourth-order valence-corrected chi connectivity index (χ4v) is 3.78. The number of amides is 3. The van der Waals surface area contributed by atoms with Crippen LogP contribution in [0.25, 0.3) is 11.3 Å². The number of nitrogens with one attached hydrogen (secondary N) is 2. The molecule has 0 saturated carbocycles. The fourth-order valence-electron chi connectivity index (χ4n) is 3.66. The van der Waals surface area contributed by atoms with Crippen LogP contribution in [-0.4, -0.2) is 52.9 Å². The average Bonchev–Trinajstić information content (AvgIpc) is 3.07. The van der Waals surface area contributed by atoms with E-state index in [0.717, 1.165) is 5.56 Å². The molecule has 1 aromatic heterocycles. The standard InChI is InChI=1S/C24H23ClN4O3/c25-18-7-9-19(10-8-18)26-24(32)29-14-4-13-28(15-16-29)23(31)20-11-12-21(27-22(20)30)17-5-2-1-3-6-17/h1-3,5-12H,4,13-16H2,(H,26,32)(H,27,30). The molecule has 164 valence electrons. The molecule has 0 atom stereocenters. The van der Waals surface area contributed by atoms with Crippen LogP contribution in [0.4, 0.5) is 10.5 Å². The van der Waals surface area contributed by atoms with Crippen molar-refractivity contribution in [1.29, 1.82) is 0 Å². The third-order valence-electron chi connectivity index (χ3n) is 5.39. The van der Waals surface area contributed by atoms with E-state index in [0.29, 0.717) is 49.0 Å². The summed E-state index contributed by atoms with van der Waals surface area (Å²) in [4.78, 5) is 44.3. The molecule has 3 amide bonds. The van der Waals surface area contributed by atoms with Gasteiger partial charge in [-0.15, -0.1) is 0 Å². The van der Waals surface area contributed by atoms with Crippen LogP contribution in [0.2, 0.25) is 5.02 Å². The summed E-state index contributed by atoms with van der Waals surface area (Å²) in [5, 5.41) is 3.44. The number of H-pyrrole nitrogens is 1. The van der Waals surface area contributed by atoms with Crippen molar-refractivity contribution in [3.05, 3.63) is 87.7 Å². The van der Waals surface area contributed by atoms with Crippen LogP contribution >= 0.6 is 11.6 Å². The maximum atomic E-state index is 13.0. The Bertz CT molecular complexity index is 1160. The van der Waals surface area contributed by atoms with Gasteiger partial charge in [0.25, 0.3) is 11.5 Å². The molecule has 1 fully saturated rings. The van der Waals surface area contributed by atoms with Crippen LogP contribution < -0.4 is 10.9 Å². The number of carbonyl (C=O) groups is 2. The normalized spacial score (nSPS) is 14.0. The molecule has 4 rings (SSSR count). The van der Waals surface area contributed by atoms with Crippen LogP contribution in [0.1, 0.15) is 16.8 Å². The van der Waals surface area contributed by atoms with Gasteiger partial charge in [0.2, 0.25) is 0 Å². The molecule has 8 heteroatoms. The number of carbonyl (C=O) groups excluding carboxylic acids is 2. The molecule has 7 nitrogen and oxygen atoms in total. The third-order valence-corrected chi connectivity index (χ3v) is 5.64. The van der Waals surface area contributed by atoms with E-state index in [2.05, 4.69) is 10.3 Å². The number of urea groups is 1. The number of pyridine rings is 1. The topological polar surface area (TPSA) is 85.5 Å². The first-order chi connectivity index (χ1) is 15.5. The number of benzene rings is 2. The summed E-state index contributed by atoms with van der Waals surface area (Å²) in [6.45, 7) is 1.73. The van der Waals surface area contributed by atoms with E-state index >= 15 is 0 Å². The van der Waals surface area contributed by atoms with Crippen molar-refractivity contribution < 1.29 is 9.59 Å². The molecule has 0 bridgehead atoms. The van der Waals surface area contributed by atoms with Crippen LogP contribution in [0, 0.1) is 0 Å². The van der Waals surface area contributed by atoms with Crippen molar-refractivity contribution in [3.63, 3.8) is 0 Å². The van der Waals surface area contributed by atoms with Gasteiger partial charge in [-0.2, -0.15) is 0 Å². The number of hydrogen-bond donors (Lipinski definition) is 2. The van der Waals surface area contributed by atoms with E-state index in [-0.39, 0.29) is 17.5 Å². The molecule has 1 saturated heterocycles. The summed E-state index contributed by atoms with van der Waals surface area (Å²) in [5.74, 6) is -0.328. The number of aromatic amines is 1. The van der Waals surface area contributed by atoms with Gasteiger partial charge in [-0.05, 0) is 48.4 Å². The Labute approximate surface area is 190 Å². The first-order valence-electron chi connectivity index (χ1n) is 10.4. The van der Waals surface area contributed by atoms with Gasteiger partial charge in [-0.25, -0.2) is 4.79 Å². The summed E-state index contributed by atoms with van der Waals surface area (Å²) in [5.41, 5.74) is 1.87. The number of nitrogens with zero attached hydrogens (tertiary/aromatic N) is 2. The minimum Gasteiger partial charge on any atom is -0.337 e. The molecule has 2 heterocycles.